The van der Waals surface area contributed by atoms with Gasteiger partial charge in [-0.05, 0) is 30.2 Å². The Morgan fingerprint density at radius 2 is 1.73 bits per heavy atom. The summed E-state index contributed by atoms with van der Waals surface area (Å²) in [6.45, 7) is 1.45. The third-order valence-corrected chi connectivity index (χ3v) is 9.53. The van der Waals surface area contributed by atoms with Gasteiger partial charge in [0.2, 0.25) is 17.7 Å². The van der Waals surface area contributed by atoms with Crippen molar-refractivity contribution in [2.75, 3.05) is 20.2 Å². The van der Waals surface area contributed by atoms with E-state index in [1.165, 1.54) is 10.6 Å². The fourth-order valence-electron chi connectivity index (χ4n) is 6.12. The molecule has 264 valence electrons. The lowest BCUT2D eigenvalue weighted by atomic mass is 9.97. The molecule has 51 heavy (non-hydrogen) atoms. The van der Waals surface area contributed by atoms with E-state index in [0.29, 0.717) is 57.9 Å². The summed E-state index contributed by atoms with van der Waals surface area (Å²) in [5, 5.41) is 20.1. The van der Waals surface area contributed by atoms with Crippen molar-refractivity contribution in [3.63, 3.8) is 0 Å². The molecule has 1 aliphatic rings. The molecule has 5 aromatic rings. The van der Waals surface area contributed by atoms with Crippen molar-refractivity contribution < 1.29 is 19.4 Å². The number of aromatic nitrogens is 3. The van der Waals surface area contributed by atoms with Crippen molar-refractivity contribution in [2.24, 2.45) is 5.73 Å². The van der Waals surface area contributed by atoms with Gasteiger partial charge in [0.1, 0.15) is 5.65 Å². The molecule has 0 saturated carbocycles. The molecule has 1 saturated heterocycles. The summed E-state index contributed by atoms with van der Waals surface area (Å²) in [4.78, 5) is 44.9. The number of carbonyl (C=O) groups excluding carboxylic acids is 2. The zero-order chi connectivity index (χ0) is 36.1. The van der Waals surface area contributed by atoms with Crippen molar-refractivity contribution in [3.05, 3.63) is 105 Å². The van der Waals surface area contributed by atoms with Crippen molar-refractivity contribution in [2.45, 2.75) is 44.5 Å². The van der Waals surface area contributed by atoms with E-state index in [-0.39, 0.29) is 37.0 Å². The summed E-state index contributed by atoms with van der Waals surface area (Å²) in [6, 6.07) is 18.9. The summed E-state index contributed by atoms with van der Waals surface area (Å²) in [5.74, 6) is -0.0442. The second kappa shape index (κ2) is 16.0. The Hall–Kier alpha value is -4.85. The number of rotatable bonds is 14. The number of ether oxygens (including phenoxy) is 1. The second-order valence-electron chi connectivity index (χ2n) is 12.3. The van der Waals surface area contributed by atoms with E-state index in [9.17, 15) is 19.5 Å². The number of nitrogens with one attached hydrogen (secondary N) is 3. The number of aliphatic hydroxyl groups excluding tert-OH is 1. The minimum Gasteiger partial charge on any atom is -0.481 e. The van der Waals surface area contributed by atoms with Crippen molar-refractivity contribution in [1.82, 2.24) is 30.3 Å². The van der Waals surface area contributed by atoms with E-state index < -0.39 is 12.0 Å². The smallest absolute Gasteiger partial charge is 0.262 e. The highest BCUT2D eigenvalue weighted by atomic mass is 35.5. The van der Waals surface area contributed by atoms with Crippen LogP contribution in [-0.2, 0) is 22.7 Å². The molecule has 2 atom stereocenters. The lowest BCUT2D eigenvalue weighted by Gasteiger charge is -2.16. The summed E-state index contributed by atoms with van der Waals surface area (Å²) < 4.78 is 7.07. The number of fused-ring (bicyclic) bond motifs is 1. The number of primary amides is 1. The van der Waals surface area contributed by atoms with Crippen LogP contribution in [0.3, 0.4) is 0 Å². The minimum absolute atomic E-state index is 0.0841. The first-order chi connectivity index (χ1) is 24.6. The quantitative estimate of drug-likeness (QED) is 0.113. The van der Waals surface area contributed by atoms with Gasteiger partial charge in [-0.3, -0.25) is 18.8 Å². The Kier molecular flexibility index (Phi) is 11.3. The molecule has 0 bridgehead atoms. The maximum Gasteiger partial charge on any atom is 0.262 e. The molecule has 0 unspecified atom stereocenters. The van der Waals surface area contributed by atoms with Gasteiger partial charge in [0.05, 0.1) is 35.4 Å². The minimum atomic E-state index is -0.946. The molecule has 14 heteroatoms. The Bertz CT molecular complexity index is 2160. The van der Waals surface area contributed by atoms with Crippen molar-refractivity contribution >= 4 is 40.7 Å². The van der Waals surface area contributed by atoms with Crippen LogP contribution in [0.4, 0.5) is 0 Å². The highest BCUT2D eigenvalue weighted by molar-refractivity contribution is 6.39. The zero-order valence-electron chi connectivity index (χ0n) is 27.8. The second-order valence-corrected chi connectivity index (χ2v) is 13.1. The van der Waals surface area contributed by atoms with Gasteiger partial charge < -0.3 is 31.5 Å². The standard InChI is InChI=1S/C37H37Cl2N7O5/c1-51-36-22(16-41-19-24-9-11-33(49)44-24)8-10-30(45-36)29-7-3-6-28(35(29)39)27-5-2-4-26(34(27)38)21-12-13-46-32(14-21)43-18-23(37(46)50)17-42-20-25(47)15-31(40)48/h2-8,10,12-14,18,24-25,41-42,47H,9,11,15-17,19-20H2,1H3,(H2,40,48)(H,44,49)/t24-,25-/m0/s1. The number of carbonyl (C=O) groups is 2. The number of nitrogens with zero attached hydrogens (tertiary/aromatic N) is 3. The highest BCUT2D eigenvalue weighted by Crippen LogP contribution is 2.42. The number of aliphatic hydroxyl groups is 1. The Morgan fingerprint density at radius 1 is 1.02 bits per heavy atom. The molecule has 2 amide bonds. The van der Waals surface area contributed by atoms with E-state index in [0.717, 1.165) is 34.2 Å². The largest absolute Gasteiger partial charge is 0.481 e. The SMILES string of the molecule is COc1nc(-c2cccc(-c3cccc(-c4ccn5c(=O)c(CNC[C@@H](O)CC(N)=O)cnc5c4)c3Cl)c2Cl)ccc1CNC[C@@H]1CCC(=O)N1. The van der Waals surface area contributed by atoms with E-state index in [4.69, 9.17) is 38.7 Å². The third kappa shape index (κ3) is 8.22. The number of halogens is 2. The molecule has 4 heterocycles. The van der Waals surface area contributed by atoms with Gasteiger partial charge in [0.15, 0.2) is 0 Å². The number of methoxy groups -OCH3 is 1. The maximum absolute atomic E-state index is 13.2. The first kappa shape index (κ1) is 36.0. The van der Waals surface area contributed by atoms with Crippen LogP contribution < -0.4 is 32.0 Å². The van der Waals surface area contributed by atoms with Crippen molar-refractivity contribution in [1.29, 1.82) is 0 Å². The first-order valence-corrected chi connectivity index (χ1v) is 17.2. The van der Waals surface area contributed by atoms with Crippen LogP contribution in [0.15, 0.2) is 77.9 Å². The lowest BCUT2D eigenvalue weighted by Crippen LogP contribution is -2.35. The lowest BCUT2D eigenvalue weighted by molar-refractivity contribution is -0.120. The topological polar surface area (TPSA) is 173 Å². The summed E-state index contributed by atoms with van der Waals surface area (Å²) in [5.41, 5.74) is 10.8. The molecule has 3 aromatic heterocycles. The molecular weight excluding hydrogens is 693 g/mol. The van der Waals surface area contributed by atoms with Gasteiger partial charge in [0, 0.05) is 84.4 Å². The van der Waals surface area contributed by atoms with E-state index in [1.54, 1.807) is 25.4 Å². The van der Waals surface area contributed by atoms with Crippen LogP contribution >= 0.6 is 23.2 Å². The van der Waals surface area contributed by atoms with Gasteiger partial charge >= 0.3 is 0 Å². The van der Waals surface area contributed by atoms with Crippen molar-refractivity contribution in [3.8, 4) is 39.4 Å². The summed E-state index contributed by atoms with van der Waals surface area (Å²) in [6.07, 6.45) is 3.39. The average molecular weight is 731 g/mol. The molecule has 6 rings (SSSR count). The predicted octanol–water partition coefficient (Wildman–Crippen LogP) is 4.10. The Balaban J connectivity index is 1.22. The third-order valence-electron chi connectivity index (χ3n) is 8.71. The molecule has 2 aromatic carbocycles. The number of nitrogens with two attached hydrogens (primary N) is 1. The molecular formula is C37H37Cl2N7O5. The van der Waals surface area contributed by atoms with E-state index in [2.05, 4.69) is 20.9 Å². The molecule has 6 N–H and O–H groups in total. The number of benzene rings is 2. The van der Waals surface area contributed by atoms with E-state index in [1.807, 2.05) is 48.5 Å². The van der Waals surface area contributed by atoms with Gasteiger partial charge in [-0.1, -0.05) is 65.7 Å². The molecule has 0 aliphatic carbocycles. The average Bonchev–Trinajstić information content (AvgIpc) is 3.54. The molecule has 0 spiro atoms. The molecule has 1 fully saturated rings. The highest BCUT2D eigenvalue weighted by Gasteiger charge is 2.21. The maximum atomic E-state index is 13.2. The van der Waals surface area contributed by atoms with Gasteiger partial charge in [-0.15, -0.1) is 0 Å². The van der Waals surface area contributed by atoms with Crippen LogP contribution in [0.1, 0.15) is 30.4 Å². The van der Waals surface area contributed by atoms with Gasteiger partial charge in [0.25, 0.3) is 5.56 Å². The monoisotopic (exact) mass is 729 g/mol. The van der Waals surface area contributed by atoms with Gasteiger partial charge in [-0.2, -0.15) is 0 Å². The normalized spacial score (nSPS) is 14.8. The van der Waals surface area contributed by atoms with Crippen LogP contribution in [0.5, 0.6) is 5.88 Å². The zero-order valence-corrected chi connectivity index (χ0v) is 29.3. The summed E-state index contributed by atoms with van der Waals surface area (Å²) in [7, 11) is 1.58. The van der Waals surface area contributed by atoms with E-state index >= 15 is 0 Å². The molecule has 12 nitrogen and oxygen atoms in total. The van der Waals surface area contributed by atoms with Crippen LogP contribution in [0.25, 0.3) is 39.2 Å². The Labute approximate surface area is 304 Å². The molecule has 0 radical (unpaired) electrons. The molecule has 1 aliphatic heterocycles. The van der Waals surface area contributed by atoms with Gasteiger partial charge in [-0.25, -0.2) is 9.97 Å². The number of pyridine rings is 2. The van der Waals surface area contributed by atoms with Crippen LogP contribution in [0, 0.1) is 0 Å². The number of amides is 2. The Morgan fingerprint density at radius 3 is 2.43 bits per heavy atom. The number of hydrogen-bond donors (Lipinski definition) is 5. The first-order valence-electron chi connectivity index (χ1n) is 16.4. The predicted molar refractivity (Wildman–Crippen MR) is 197 cm³/mol. The summed E-state index contributed by atoms with van der Waals surface area (Å²) >= 11 is 14.1. The number of hydrogen-bond acceptors (Lipinski definition) is 9. The van der Waals surface area contributed by atoms with Crippen LogP contribution in [-0.4, -0.2) is 63.6 Å². The fourth-order valence-corrected chi connectivity index (χ4v) is 6.78. The van der Waals surface area contributed by atoms with Crippen LogP contribution in [0.2, 0.25) is 10.0 Å². The fraction of sp³-hybridized carbons (Fsp3) is 0.270.